The van der Waals surface area contributed by atoms with Crippen molar-refractivity contribution in [3.05, 3.63) is 32.2 Å². The van der Waals surface area contributed by atoms with Crippen LogP contribution in [-0.2, 0) is 13.6 Å². The monoisotopic (exact) mass is 275 g/mol. The molecule has 0 bridgehead atoms. The number of imidazole rings is 2. The third-order valence-electron chi connectivity index (χ3n) is 3.77. The quantitative estimate of drug-likeness (QED) is 0.748. The Kier molecular flexibility index (Phi) is 2.60. The fourth-order valence-corrected chi connectivity index (χ4v) is 2.58. The van der Waals surface area contributed by atoms with Crippen LogP contribution in [0.4, 0.5) is 0 Å². The van der Waals surface area contributed by atoms with Gasteiger partial charge < -0.3 is 4.98 Å². The molecule has 20 heavy (non-hydrogen) atoms. The van der Waals surface area contributed by atoms with E-state index in [9.17, 15) is 9.59 Å². The number of hydrogen-bond acceptors (Lipinski definition) is 3. The normalized spacial score (nSPS) is 11.8. The number of aryl methyl sites for hydroxylation is 3. The fourth-order valence-electron chi connectivity index (χ4n) is 2.58. The van der Waals surface area contributed by atoms with Crippen LogP contribution in [0.1, 0.15) is 24.7 Å². The molecule has 0 atom stereocenters. The lowest BCUT2D eigenvalue weighted by Crippen LogP contribution is -2.39. The summed E-state index contributed by atoms with van der Waals surface area (Å²) in [4.78, 5) is 32.3. The van der Waals surface area contributed by atoms with Crippen molar-refractivity contribution in [3.8, 4) is 0 Å². The van der Waals surface area contributed by atoms with Gasteiger partial charge in [-0.25, -0.2) is 4.79 Å². The van der Waals surface area contributed by atoms with E-state index in [1.165, 1.54) is 9.13 Å². The lowest BCUT2D eigenvalue weighted by atomic mass is 10.4. The molecular weight excluding hydrogens is 258 g/mol. The minimum absolute atomic E-state index is 0.278. The van der Waals surface area contributed by atoms with E-state index in [4.69, 9.17) is 0 Å². The van der Waals surface area contributed by atoms with Crippen molar-refractivity contribution in [1.29, 1.82) is 0 Å². The van der Waals surface area contributed by atoms with Gasteiger partial charge in [0.15, 0.2) is 11.2 Å². The third-order valence-corrected chi connectivity index (χ3v) is 3.77. The number of rotatable bonds is 2. The molecule has 0 saturated heterocycles. The summed E-state index contributed by atoms with van der Waals surface area (Å²) in [6, 6.07) is 0. The van der Waals surface area contributed by atoms with E-state index >= 15 is 0 Å². The van der Waals surface area contributed by atoms with Crippen molar-refractivity contribution >= 4 is 16.9 Å². The topological polar surface area (TPSA) is 77.1 Å². The molecule has 106 valence electrons. The van der Waals surface area contributed by atoms with Crippen LogP contribution in [0, 0.1) is 13.8 Å². The van der Waals surface area contributed by atoms with Crippen molar-refractivity contribution in [3.63, 3.8) is 0 Å². The van der Waals surface area contributed by atoms with Crippen LogP contribution in [0.15, 0.2) is 9.59 Å². The Morgan fingerprint density at radius 1 is 1.25 bits per heavy atom. The van der Waals surface area contributed by atoms with E-state index in [2.05, 4.69) is 9.97 Å². The predicted octanol–water partition coefficient (Wildman–Crippen LogP) is 0.703. The number of aromatic amines is 1. The van der Waals surface area contributed by atoms with Gasteiger partial charge in [0.25, 0.3) is 5.56 Å². The molecule has 7 heteroatoms. The second-order valence-electron chi connectivity index (χ2n) is 5.08. The summed E-state index contributed by atoms with van der Waals surface area (Å²) in [6.07, 6.45) is 0.730. The maximum Gasteiger partial charge on any atom is 0.332 e. The Labute approximate surface area is 114 Å². The molecule has 0 aliphatic heterocycles. The zero-order valence-corrected chi connectivity index (χ0v) is 12.0. The van der Waals surface area contributed by atoms with Gasteiger partial charge in [0, 0.05) is 25.0 Å². The first kappa shape index (κ1) is 12.7. The zero-order valence-electron chi connectivity index (χ0n) is 12.0. The molecule has 0 amide bonds. The number of hydrogen-bond donors (Lipinski definition) is 1. The van der Waals surface area contributed by atoms with Gasteiger partial charge in [0.05, 0.1) is 0 Å². The largest absolute Gasteiger partial charge is 0.332 e. The summed E-state index contributed by atoms with van der Waals surface area (Å²) in [5.41, 5.74) is 2.17. The van der Waals surface area contributed by atoms with Crippen LogP contribution in [0.25, 0.3) is 16.9 Å². The third kappa shape index (κ3) is 1.43. The first-order valence-corrected chi connectivity index (χ1v) is 6.64. The van der Waals surface area contributed by atoms with Crippen LogP contribution < -0.4 is 11.2 Å². The summed E-state index contributed by atoms with van der Waals surface area (Å²) in [6.45, 7) is 6.21. The fraction of sp³-hybridized carbons (Fsp3) is 0.462. The Bertz CT molecular complexity index is 938. The highest BCUT2D eigenvalue weighted by Crippen LogP contribution is 2.16. The minimum atomic E-state index is -0.320. The van der Waals surface area contributed by atoms with Gasteiger partial charge in [-0.05, 0) is 20.3 Å². The summed E-state index contributed by atoms with van der Waals surface area (Å²) in [5, 5.41) is 0. The molecule has 3 aromatic heterocycles. The van der Waals surface area contributed by atoms with Gasteiger partial charge in [-0.2, -0.15) is 4.98 Å². The van der Waals surface area contributed by atoms with E-state index < -0.39 is 0 Å². The van der Waals surface area contributed by atoms with Crippen LogP contribution in [0.2, 0.25) is 0 Å². The second kappa shape index (κ2) is 4.09. The molecule has 0 aromatic carbocycles. The van der Waals surface area contributed by atoms with Crippen molar-refractivity contribution in [2.45, 2.75) is 33.7 Å². The van der Waals surface area contributed by atoms with Gasteiger partial charge in [-0.15, -0.1) is 0 Å². The first-order chi connectivity index (χ1) is 9.47. The van der Waals surface area contributed by atoms with Gasteiger partial charge in [-0.3, -0.25) is 18.3 Å². The molecular formula is C13H17N5O2. The molecule has 0 unspecified atom stereocenters. The lowest BCUT2D eigenvalue weighted by molar-refractivity contribution is 0.592. The SMILES string of the molecule is CCCn1c(=O)c2c(nc3[nH]c(C)c(C)n32)n(C)c1=O. The van der Waals surface area contributed by atoms with Gasteiger partial charge in [0.1, 0.15) is 0 Å². The molecule has 3 rings (SSSR count). The van der Waals surface area contributed by atoms with E-state index in [-0.39, 0.29) is 11.2 Å². The van der Waals surface area contributed by atoms with Gasteiger partial charge >= 0.3 is 5.69 Å². The number of aromatic nitrogens is 5. The predicted molar refractivity (Wildman–Crippen MR) is 76.3 cm³/mol. The molecule has 0 spiro atoms. The van der Waals surface area contributed by atoms with Crippen LogP contribution in [0.3, 0.4) is 0 Å². The molecule has 3 aromatic rings. The van der Waals surface area contributed by atoms with Gasteiger partial charge in [-0.1, -0.05) is 6.92 Å². The highest BCUT2D eigenvalue weighted by Gasteiger charge is 2.19. The van der Waals surface area contributed by atoms with Crippen molar-refractivity contribution in [2.75, 3.05) is 0 Å². The first-order valence-electron chi connectivity index (χ1n) is 6.64. The molecule has 0 radical (unpaired) electrons. The number of nitrogens with one attached hydrogen (secondary N) is 1. The van der Waals surface area contributed by atoms with Crippen molar-refractivity contribution in [2.24, 2.45) is 7.05 Å². The van der Waals surface area contributed by atoms with Gasteiger partial charge in [0.2, 0.25) is 5.78 Å². The average Bonchev–Trinajstić information content (AvgIpc) is 2.91. The number of H-pyrrole nitrogens is 1. The standard InChI is InChI=1S/C13H17N5O2/c1-5-6-17-11(19)9-10(16(4)13(17)20)15-12-14-7(2)8(3)18(9)12/h5-6H2,1-4H3,(H,14,15). The summed E-state index contributed by atoms with van der Waals surface area (Å²) < 4.78 is 4.50. The molecule has 1 N–H and O–H groups in total. The van der Waals surface area contributed by atoms with Crippen molar-refractivity contribution < 1.29 is 0 Å². The van der Waals surface area contributed by atoms with E-state index in [1.807, 2.05) is 20.8 Å². The number of fused-ring (bicyclic) bond motifs is 3. The van der Waals surface area contributed by atoms with Crippen molar-refractivity contribution in [1.82, 2.24) is 23.5 Å². The Morgan fingerprint density at radius 3 is 2.60 bits per heavy atom. The van der Waals surface area contributed by atoms with E-state index in [0.29, 0.717) is 23.5 Å². The molecule has 0 aliphatic rings. The second-order valence-corrected chi connectivity index (χ2v) is 5.08. The smallest absolute Gasteiger partial charge is 0.327 e. The summed E-state index contributed by atoms with van der Waals surface area (Å²) >= 11 is 0. The summed E-state index contributed by atoms with van der Waals surface area (Å²) in [7, 11) is 1.64. The number of nitrogens with zero attached hydrogens (tertiary/aromatic N) is 4. The molecule has 0 fully saturated rings. The van der Waals surface area contributed by atoms with Crippen LogP contribution >= 0.6 is 0 Å². The Balaban J connectivity index is 2.61. The van der Waals surface area contributed by atoms with Crippen LogP contribution in [-0.4, -0.2) is 23.5 Å². The van der Waals surface area contributed by atoms with Crippen LogP contribution in [0.5, 0.6) is 0 Å². The zero-order chi connectivity index (χ0) is 14.6. The van der Waals surface area contributed by atoms with E-state index in [0.717, 1.165) is 17.8 Å². The maximum atomic E-state index is 12.6. The highest BCUT2D eigenvalue weighted by atomic mass is 16.2. The molecule has 0 saturated carbocycles. The summed E-state index contributed by atoms with van der Waals surface area (Å²) in [5.74, 6) is 0.594. The van der Waals surface area contributed by atoms with E-state index in [1.54, 1.807) is 11.4 Å². The molecule has 0 aliphatic carbocycles. The maximum absolute atomic E-state index is 12.6. The molecule has 3 heterocycles. The average molecular weight is 275 g/mol. The minimum Gasteiger partial charge on any atom is -0.327 e. The Hall–Kier alpha value is -2.31. The highest BCUT2D eigenvalue weighted by molar-refractivity contribution is 5.76. The lowest BCUT2D eigenvalue weighted by Gasteiger charge is -2.06. The molecule has 7 nitrogen and oxygen atoms in total. The Morgan fingerprint density at radius 2 is 1.95 bits per heavy atom.